The van der Waals surface area contributed by atoms with Crippen LogP contribution >= 0.6 is 31.4 Å². The summed E-state index contributed by atoms with van der Waals surface area (Å²) in [6.07, 6.45) is 7.02. The number of aliphatic hydroxyl groups is 1. The van der Waals surface area contributed by atoms with Crippen LogP contribution in [-0.2, 0) is 39.8 Å². The Bertz CT molecular complexity index is 1780. The van der Waals surface area contributed by atoms with Crippen molar-refractivity contribution in [3.63, 3.8) is 0 Å². The molecule has 0 radical (unpaired) electrons. The number of allylic oxidation sites excluding steroid dienone is 2. The van der Waals surface area contributed by atoms with Crippen molar-refractivity contribution in [3.05, 3.63) is 120 Å². The second-order valence-electron chi connectivity index (χ2n) is 12.0. The Kier molecular flexibility index (Phi) is 7.54. The van der Waals surface area contributed by atoms with E-state index in [-0.39, 0.29) is 31.1 Å². The van der Waals surface area contributed by atoms with Gasteiger partial charge in [0.25, 0.3) is 11.8 Å². The van der Waals surface area contributed by atoms with Crippen molar-refractivity contribution in [1.82, 2.24) is 9.80 Å². The number of piperazine rings is 1. The van der Waals surface area contributed by atoms with Gasteiger partial charge in [0.2, 0.25) is 0 Å². The minimum atomic E-state index is -1.54. The SMILES string of the molecule is O=C(Cc1ccccc1)O[C@H]1C=CC=C2CC34SSSC5(CC6=COC=C[C@H](OC(=O)[C@H](O)c7ccccc7)[C@H]6N5C3=O)C(=O)N4[C@@H]21. The van der Waals surface area contributed by atoms with Crippen LogP contribution in [0.4, 0.5) is 0 Å². The molecule has 1 aliphatic carbocycles. The first-order chi connectivity index (χ1) is 22.8. The molecule has 6 heterocycles. The van der Waals surface area contributed by atoms with Crippen molar-refractivity contribution in [2.75, 3.05) is 0 Å². The Morgan fingerprint density at radius 1 is 0.872 bits per heavy atom. The zero-order valence-corrected chi connectivity index (χ0v) is 27.1. The number of rotatable bonds is 6. The molecule has 2 aromatic rings. The van der Waals surface area contributed by atoms with E-state index in [0.717, 1.165) is 11.1 Å². The van der Waals surface area contributed by atoms with Gasteiger partial charge in [0, 0.05) is 12.8 Å². The predicted molar refractivity (Wildman–Crippen MR) is 176 cm³/mol. The summed E-state index contributed by atoms with van der Waals surface area (Å²) >= 11 is 0. The van der Waals surface area contributed by atoms with E-state index in [2.05, 4.69) is 0 Å². The van der Waals surface area contributed by atoms with Crippen LogP contribution in [0.1, 0.15) is 30.1 Å². The molecule has 2 unspecified atom stereocenters. The fourth-order valence-corrected chi connectivity index (χ4v) is 13.2. The Hall–Kier alpha value is -3.91. The van der Waals surface area contributed by atoms with Gasteiger partial charge in [0.1, 0.15) is 12.2 Å². The normalized spacial score (nSPS) is 32.1. The highest BCUT2D eigenvalue weighted by Crippen LogP contribution is 2.69. The Labute approximate surface area is 281 Å². The van der Waals surface area contributed by atoms with Crippen LogP contribution in [0.25, 0.3) is 0 Å². The van der Waals surface area contributed by atoms with E-state index in [1.807, 2.05) is 42.5 Å². The van der Waals surface area contributed by atoms with Crippen LogP contribution in [0.15, 0.2) is 109 Å². The molecule has 2 aromatic carbocycles. The van der Waals surface area contributed by atoms with E-state index < -0.39 is 52.1 Å². The molecule has 7 aliphatic rings. The lowest BCUT2D eigenvalue weighted by atomic mass is 9.96. The Morgan fingerprint density at radius 3 is 2.19 bits per heavy atom. The second kappa shape index (κ2) is 11.7. The van der Waals surface area contributed by atoms with Crippen molar-refractivity contribution in [2.24, 2.45) is 0 Å². The molecular formula is C34H28N2O8S3. The largest absolute Gasteiger partial charge is 0.473 e. The van der Waals surface area contributed by atoms with E-state index in [1.54, 1.807) is 46.2 Å². The van der Waals surface area contributed by atoms with E-state index in [4.69, 9.17) is 14.2 Å². The van der Waals surface area contributed by atoms with Crippen molar-refractivity contribution in [2.45, 2.75) is 59.4 Å². The molecule has 2 spiro atoms. The minimum Gasteiger partial charge on any atom is -0.473 e. The van der Waals surface area contributed by atoms with E-state index >= 15 is 0 Å². The van der Waals surface area contributed by atoms with Gasteiger partial charge in [0.05, 0.1) is 31.0 Å². The number of hydrogen-bond acceptors (Lipinski definition) is 11. The van der Waals surface area contributed by atoms with Crippen molar-refractivity contribution < 1.29 is 38.5 Å². The van der Waals surface area contributed by atoms with E-state index in [1.165, 1.54) is 50.0 Å². The third kappa shape index (κ3) is 4.77. The number of carbonyl (C=O) groups excluding carboxylic acids is 4. The lowest BCUT2D eigenvalue weighted by molar-refractivity contribution is -0.173. The van der Waals surface area contributed by atoms with Crippen LogP contribution in [0.3, 0.4) is 0 Å². The minimum absolute atomic E-state index is 0.0789. The summed E-state index contributed by atoms with van der Waals surface area (Å²) in [5, 5.41) is 10.8. The number of benzene rings is 2. The number of hydrogen-bond donors (Lipinski definition) is 1. The lowest BCUT2D eigenvalue weighted by Crippen LogP contribution is -2.73. The quantitative estimate of drug-likeness (QED) is 0.344. The molecule has 0 saturated carbocycles. The van der Waals surface area contributed by atoms with Crippen LogP contribution in [-0.4, -0.2) is 72.7 Å². The zero-order chi connectivity index (χ0) is 32.3. The molecule has 10 nitrogen and oxygen atoms in total. The lowest BCUT2D eigenvalue weighted by Gasteiger charge is -2.51. The smallest absolute Gasteiger partial charge is 0.340 e. The van der Waals surface area contributed by atoms with Crippen molar-refractivity contribution in [3.8, 4) is 0 Å². The number of fused-ring (bicyclic) bond motifs is 4. The van der Waals surface area contributed by atoms with E-state index in [9.17, 15) is 24.3 Å². The first-order valence-corrected chi connectivity index (χ1v) is 18.6. The summed E-state index contributed by atoms with van der Waals surface area (Å²) < 4.78 is 17.5. The third-order valence-electron chi connectivity index (χ3n) is 9.28. The van der Waals surface area contributed by atoms with Gasteiger partial charge < -0.3 is 29.1 Å². The number of aliphatic hydroxyl groups excluding tert-OH is 1. The maximum absolute atomic E-state index is 14.9. The topological polar surface area (TPSA) is 123 Å². The van der Waals surface area contributed by atoms with Gasteiger partial charge >= 0.3 is 11.9 Å². The van der Waals surface area contributed by atoms with Gasteiger partial charge in [-0.2, -0.15) is 0 Å². The molecule has 9 rings (SSSR count). The highest BCUT2D eigenvalue weighted by molar-refractivity contribution is 9.10. The van der Waals surface area contributed by atoms with Gasteiger partial charge in [-0.25, -0.2) is 4.79 Å². The van der Waals surface area contributed by atoms with Crippen LogP contribution in [0, 0.1) is 0 Å². The van der Waals surface area contributed by atoms with Crippen LogP contribution in [0.5, 0.6) is 0 Å². The first-order valence-electron chi connectivity index (χ1n) is 15.1. The fourth-order valence-electron chi connectivity index (χ4n) is 7.24. The van der Waals surface area contributed by atoms with Crippen LogP contribution < -0.4 is 0 Å². The molecule has 0 aromatic heterocycles. The molecule has 5 fully saturated rings. The maximum atomic E-state index is 14.9. The van der Waals surface area contributed by atoms with Gasteiger partial charge in [-0.1, -0.05) is 72.8 Å². The Morgan fingerprint density at radius 2 is 1.49 bits per heavy atom. The number of amides is 2. The summed E-state index contributed by atoms with van der Waals surface area (Å²) in [6.45, 7) is 0. The Balaban J connectivity index is 1.11. The number of esters is 2. The summed E-state index contributed by atoms with van der Waals surface area (Å²) in [4.78, 5) is 56.7. The zero-order valence-electron chi connectivity index (χ0n) is 24.7. The predicted octanol–water partition coefficient (Wildman–Crippen LogP) is 4.36. The molecule has 47 heavy (non-hydrogen) atoms. The van der Waals surface area contributed by atoms with Crippen molar-refractivity contribution >= 4 is 55.2 Å². The molecule has 7 atom stereocenters. The molecule has 13 heteroatoms. The molecule has 240 valence electrons. The number of nitrogens with zero attached hydrogens (tertiary/aromatic N) is 2. The standard InChI is InChI=1S/C34H28N2O8S3/c37-26(16-20-8-3-1-4-9-20)43-24-13-7-12-22-17-33-31(40)36-28-23(18-34(36,46-47-45-33)32(41)35(33)27(22)24)19-42-15-14-25(28)44-30(39)29(38)21-10-5-2-6-11-21/h1-15,19,24-25,27-29,38H,16-18H2/t24-,25-,27-,28-,29+,33?,34?/m0/s1. The van der Waals surface area contributed by atoms with Crippen molar-refractivity contribution in [1.29, 1.82) is 0 Å². The number of carbonyl (C=O) groups is 4. The number of ether oxygens (including phenoxy) is 3. The maximum Gasteiger partial charge on any atom is 0.340 e. The molecular weight excluding hydrogens is 661 g/mol. The molecule has 2 amide bonds. The summed E-state index contributed by atoms with van der Waals surface area (Å²) in [5.74, 6) is -1.88. The second-order valence-corrected chi connectivity index (χ2v) is 16.5. The summed E-state index contributed by atoms with van der Waals surface area (Å²) in [7, 11) is 4.01. The monoisotopic (exact) mass is 688 g/mol. The average molecular weight is 689 g/mol. The molecule has 2 bridgehead atoms. The van der Waals surface area contributed by atoms with E-state index in [0.29, 0.717) is 11.1 Å². The summed E-state index contributed by atoms with van der Waals surface area (Å²) in [6, 6.07) is 16.3. The molecule has 6 aliphatic heterocycles. The molecule has 5 saturated heterocycles. The fraction of sp³-hybridized carbons (Fsp3) is 0.294. The van der Waals surface area contributed by atoms with Gasteiger partial charge in [-0.3, -0.25) is 14.4 Å². The van der Waals surface area contributed by atoms with Crippen LogP contribution in [0.2, 0.25) is 0 Å². The first kappa shape index (κ1) is 30.4. The van der Waals surface area contributed by atoms with Gasteiger partial charge in [0.15, 0.2) is 15.8 Å². The van der Waals surface area contributed by atoms with Gasteiger partial charge in [-0.15, -0.1) is 0 Å². The molecule has 1 N–H and O–H groups in total. The third-order valence-corrected chi connectivity index (χ3v) is 14.3. The van der Waals surface area contributed by atoms with Gasteiger partial charge in [-0.05, 0) is 65.8 Å². The highest BCUT2D eigenvalue weighted by atomic mass is 33.5. The summed E-state index contributed by atoms with van der Waals surface area (Å²) in [5.41, 5.74) is 2.63. The average Bonchev–Trinajstić information content (AvgIpc) is 3.44. The highest BCUT2D eigenvalue weighted by Gasteiger charge is 2.75.